The smallest absolute Gasteiger partial charge is 0.335 e. The maximum atomic E-state index is 15.4. The summed E-state index contributed by atoms with van der Waals surface area (Å²) in [4.78, 5) is 11.8. The van der Waals surface area contributed by atoms with E-state index in [0.29, 0.717) is 36.8 Å². The summed E-state index contributed by atoms with van der Waals surface area (Å²) in [7, 11) is 0. The van der Waals surface area contributed by atoms with Crippen molar-refractivity contribution < 1.29 is 28.5 Å². The van der Waals surface area contributed by atoms with Gasteiger partial charge >= 0.3 is 5.97 Å². The van der Waals surface area contributed by atoms with Crippen LogP contribution in [0.5, 0.6) is 0 Å². The quantitative estimate of drug-likeness (QED) is 0.139. The van der Waals surface area contributed by atoms with Crippen LogP contribution in [0, 0.1) is 23.5 Å². The molecule has 4 rings (SSSR count). The molecule has 3 aromatic rings. The van der Waals surface area contributed by atoms with Crippen molar-refractivity contribution in [3.8, 4) is 11.1 Å². The van der Waals surface area contributed by atoms with Crippen LogP contribution in [-0.2, 0) is 16.0 Å². The molecule has 2 N–H and O–H groups in total. The minimum absolute atomic E-state index is 0.0306. The maximum absolute atomic E-state index is 15.4. The average Bonchev–Trinajstić information content (AvgIpc) is 2.98. The van der Waals surface area contributed by atoms with Crippen molar-refractivity contribution in [1.29, 1.82) is 0 Å². The third-order valence-electron chi connectivity index (χ3n) is 8.42. The van der Waals surface area contributed by atoms with E-state index in [-0.39, 0.29) is 42.1 Å². The number of ether oxygens (including phenoxy) is 1. The Hall–Kier alpha value is -3.09. The summed E-state index contributed by atoms with van der Waals surface area (Å²) >= 11 is 0. The Kier molecular flexibility index (Phi) is 10.5. The fraction of sp³-hybridized carbons (Fsp3) is 0.441. The second-order valence-corrected chi connectivity index (χ2v) is 11.1. The van der Waals surface area contributed by atoms with E-state index < -0.39 is 24.2 Å². The molecule has 40 heavy (non-hydrogen) atoms. The number of aliphatic hydroxyl groups excluding tert-OH is 2. The van der Waals surface area contributed by atoms with E-state index in [0.717, 1.165) is 23.6 Å². The first-order chi connectivity index (χ1) is 19.4. The first-order valence-electron chi connectivity index (χ1n) is 14.4. The molecule has 0 heterocycles. The summed E-state index contributed by atoms with van der Waals surface area (Å²) in [6.45, 7) is 5.06. The number of rotatable bonds is 12. The number of benzene rings is 3. The molecule has 1 atom stereocenters. The van der Waals surface area contributed by atoms with Crippen LogP contribution >= 0.6 is 0 Å². The van der Waals surface area contributed by atoms with Gasteiger partial charge in [0.25, 0.3) is 0 Å². The molecule has 0 aromatic heterocycles. The molecule has 6 heteroatoms. The van der Waals surface area contributed by atoms with Crippen molar-refractivity contribution in [3.63, 3.8) is 0 Å². The minimum atomic E-state index is -0.820. The highest BCUT2D eigenvalue weighted by Crippen LogP contribution is 2.41. The Morgan fingerprint density at radius 1 is 0.975 bits per heavy atom. The molecular weight excluding hydrogens is 510 g/mol. The van der Waals surface area contributed by atoms with Crippen LogP contribution in [0.4, 0.5) is 8.78 Å². The highest BCUT2D eigenvalue weighted by Gasteiger charge is 2.31. The summed E-state index contributed by atoms with van der Waals surface area (Å²) in [5.74, 6) is -2.54. The fourth-order valence-corrected chi connectivity index (χ4v) is 5.89. The van der Waals surface area contributed by atoms with E-state index >= 15 is 8.78 Å². The van der Waals surface area contributed by atoms with Crippen LogP contribution in [0.1, 0.15) is 68.9 Å². The Morgan fingerprint density at radius 2 is 1.70 bits per heavy atom. The summed E-state index contributed by atoms with van der Waals surface area (Å²) in [6.07, 6.45) is 7.34. The number of carbonyl (C=O) groups excluding carboxylic acids is 1. The van der Waals surface area contributed by atoms with Crippen molar-refractivity contribution in [3.05, 3.63) is 83.4 Å². The standard InChI is InChI=1S/C34H40F2O4/c1-3-4-5-6-23-7-8-27-18-28(14-13-26(27)17-23)31-16-15-30(32(35)33(31)36)25-11-9-24(10-12-25)29(20-38)21-40-34(39)22(2)19-37/h7-8,13-18,24-25,29,37-38H,2-6,9-12,19-21H2,1H3. The second kappa shape index (κ2) is 14.0. The molecule has 1 saturated carbocycles. The maximum Gasteiger partial charge on any atom is 0.335 e. The zero-order chi connectivity index (χ0) is 28.6. The third-order valence-corrected chi connectivity index (χ3v) is 8.42. The van der Waals surface area contributed by atoms with Crippen molar-refractivity contribution in [2.75, 3.05) is 19.8 Å². The molecule has 4 nitrogen and oxygen atoms in total. The number of hydrogen-bond acceptors (Lipinski definition) is 4. The van der Waals surface area contributed by atoms with Crippen molar-refractivity contribution in [2.24, 2.45) is 11.8 Å². The van der Waals surface area contributed by atoms with Gasteiger partial charge in [-0.3, -0.25) is 0 Å². The number of halogens is 2. The average molecular weight is 551 g/mol. The van der Waals surface area contributed by atoms with E-state index in [9.17, 15) is 9.90 Å². The van der Waals surface area contributed by atoms with E-state index in [1.807, 2.05) is 18.2 Å². The van der Waals surface area contributed by atoms with Gasteiger partial charge in [0.2, 0.25) is 0 Å². The number of esters is 1. The van der Waals surface area contributed by atoms with Gasteiger partial charge in [-0.15, -0.1) is 0 Å². The Bertz CT molecular complexity index is 1330. The van der Waals surface area contributed by atoms with Gasteiger partial charge in [-0.2, -0.15) is 0 Å². The number of hydrogen-bond donors (Lipinski definition) is 2. The van der Waals surface area contributed by atoms with Crippen LogP contribution < -0.4 is 0 Å². The number of carbonyl (C=O) groups is 1. The predicted molar refractivity (Wildman–Crippen MR) is 155 cm³/mol. The lowest BCUT2D eigenvalue weighted by atomic mass is 9.74. The third kappa shape index (κ3) is 6.97. The molecule has 0 saturated heterocycles. The van der Waals surface area contributed by atoms with E-state index in [1.54, 1.807) is 12.1 Å². The first-order valence-corrected chi connectivity index (χ1v) is 14.4. The zero-order valence-corrected chi connectivity index (χ0v) is 23.3. The SMILES string of the molecule is C=C(CO)C(=O)OCC(CO)C1CCC(c2ccc(-c3ccc4cc(CCCCC)ccc4c3)c(F)c2F)CC1. The second-order valence-electron chi connectivity index (χ2n) is 11.1. The molecule has 1 fully saturated rings. The summed E-state index contributed by atoms with van der Waals surface area (Å²) in [6, 6.07) is 15.5. The number of aryl methyl sites for hydroxylation is 1. The summed E-state index contributed by atoms with van der Waals surface area (Å²) in [5, 5.41) is 21.0. The number of unbranched alkanes of at least 4 members (excludes halogenated alkanes) is 2. The molecule has 0 radical (unpaired) electrons. The highest BCUT2D eigenvalue weighted by atomic mass is 19.2. The summed E-state index contributed by atoms with van der Waals surface area (Å²) < 4.78 is 36.0. The van der Waals surface area contributed by atoms with Gasteiger partial charge in [0.1, 0.15) is 0 Å². The molecule has 0 bridgehead atoms. The largest absolute Gasteiger partial charge is 0.462 e. The van der Waals surface area contributed by atoms with Gasteiger partial charge in [-0.1, -0.05) is 68.8 Å². The molecule has 0 spiro atoms. The summed E-state index contributed by atoms with van der Waals surface area (Å²) in [5.41, 5.74) is 2.57. The van der Waals surface area contributed by atoms with Gasteiger partial charge in [-0.25, -0.2) is 13.6 Å². The van der Waals surface area contributed by atoms with Gasteiger partial charge in [-0.05, 0) is 83.9 Å². The van der Waals surface area contributed by atoms with Gasteiger partial charge in [0, 0.05) is 18.1 Å². The molecule has 1 unspecified atom stereocenters. The first kappa shape index (κ1) is 29.9. The van der Waals surface area contributed by atoms with Gasteiger partial charge in [0.05, 0.1) is 18.8 Å². The molecule has 0 aliphatic heterocycles. The molecule has 3 aromatic carbocycles. The van der Waals surface area contributed by atoms with Crippen LogP contribution in [-0.4, -0.2) is 36.0 Å². The number of aliphatic hydroxyl groups is 2. The molecule has 0 amide bonds. The Morgan fingerprint density at radius 3 is 2.40 bits per heavy atom. The Labute approximate surface area is 235 Å². The topological polar surface area (TPSA) is 66.8 Å². The van der Waals surface area contributed by atoms with Gasteiger partial charge in [0.15, 0.2) is 11.6 Å². The molecule has 214 valence electrons. The van der Waals surface area contributed by atoms with Crippen LogP contribution in [0.2, 0.25) is 0 Å². The highest BCUT2D eigenvalue weighted by molar-refractivity contribution is 5.88. The van der Waals surface area contributed by atoms with E-state index in [4.69, 9.17) is 9.84 Å². The lowest BCUT2D eigenvalue weighted by Gasteiger charge is -2.33. The molecule has 1 aliphatic rings. The van der Waals surface area contributed by atoms with E-state index in [1.165, 1.54) is 18.4 Å². The fourth-order valence-electron chi connectivity index (χ4n) is 5.89. The zero-order valence-electron chi connectivity index (χ0n) is 23.3. The number of fused-ring (bicyclic) bond motifs is 1. The van der Waals surface area contributed by atoms with Crippen molar-refractivity contribution in [1.82, 2.24) is 0 Å². The Balaban J connectivity index is 1.42. The van der Waals surface area contributed by atoms with Crippen molar-refractivity contribution >= 4 is 16.7 Å². The van der Waals surface area contributed by atoms with Gasteiger partial charge < -0.3 is 14.9 Å². The van der Waals surface area contributed by atoms with E-state index in [2.05, 4.69) is 31.7 Å². The molecular formula is C34H40F2O4. The van der Waals surface area contributed by atoms with Crippen LogP contribution in [0.25, 0.3) is 21.9 Å². The monoisotopic (exact) mass is 550 g/mol. The van der Waals surface area contributed by atoms with Crippen molar-refractivity contribution in [2.45, 2.75) is 64.2 Å². The van der Waals surface area contributed by atoms with Crippen LogP contribution in [0.15, 0.2) is 60.7 Å². The lowest BCUT2D eigenvalue weighted by molar-refractivity contribution is -0.142. The van der Waals surface area contributed by atoms with Crippen LogP contribution in [0.3, 0.4) is 0 Å². The lowest BCUT2D eigenvalue weighted by Crippen LogP contribution is -2.29. The predicted octanol–water partition coefficient (Wildman–Crippen LogP) is 7.49. The minimum Gasteiger partial charge on any atom is -0.462 e. The normalized spacial score (nSPS) is 18.0. The molecule has 1 aliphatic carbocycles.